The van der Waals surface area contributed by atoms with Gasteiger partial charge in [-0.15, -0.1) is 0 Å². The van der Waals surface area contributed by atoms with Gasteiger partial charge in [-0.1, -0.05) is 0 Å². The Bertz CT molecular complexity index is 349. The molecule has 0 heterocycles. The van der Waals surface area contributed by atoms with Crippen LogP contribution in [0.3, 0.4) is 0 Å². The van der Waals surface area contributed by atoms with Crippen LogP contribution in [-0.4, -0.2) is 11.3 Å². The van der Waals surface area contributed by atoms with E-state index in [2.05, 4.69) is 0 Å². The van der Waals surface area contributed by atoms with E-state index in [9.17, 15) is 26.3 Å². The first-order chi connectivity index (χ1) is 6.73. The Morgan fingerprint density at radius 2 is 1.40 bits per heavy atom. The van der Waals surface area contributed by atoms with Crippen LogP contribution in [0.15, 0.2) is 12.1 Å². The lowest BCUT2D eigenvalue weighted by molar-refractivity contribution is -0.208. The van der Waals surface area contributed by atoms with Crippen LogP contribution in [0.1, 0.15) is 11.7 Å². The van der Waals surface area contributed by atoms with E-state index in [1.807, 2.05) is 0 Å². The number of alkyl halides is 3. The standard InChI is InChI=1S/C8H4F6O/c9-3-1-4(10)6(5(11)2-3)7(15)8(12,13)14/h1-2,7,15H/t7-/m0/s1. The zero-order valence-corrected chi connectivity index (χ0v) is 6.95. The third kappa shape index (κ3) is 2.41. The topological polar surface area (TPSA) is 20.2 Å². The molecule has 1 atom stereocenters. The fourth-order valence-corrected chi connectivity index (χ4v) is 0.978. The predicted molar refractivity (Wildman–Crippen MR) is 37.3 cm³/mol. The summed E-state index contributed by atoms with van der Waals surface area (Å²) in [5.41, 5.74) is -1.61. The summed E-state index contributed by atoms with van der Waals surface area (Å²) in [5, 5.41) is 8.58. The number of hydrogen-bond donors (Lipinski definition) is 1. The quantitative estimate of drug-likeness (QED) is 0.735. The number of benzene rings is 1. The second-order valence-electron chi connectivity index (χ2n) is 2.73. The maximum Gasteiger partial charge on any atom is 0.418 e. The highest BCUT2D eigenvalue weighted by Crippen LogP contribution is 2.35. The molecule has 0 radical (unpaired) electrons. The molecule has 0 fully saturated rings. The van der Waals surface area contributed by atoms with Crippen LogP contribution in [-0.2, 0) is 0 Å². The van der Waals surface area contributed by atoms with E-state index < -0.39 is 35.3 Å². The normalized spacial score (nSPS) is 14.1. The average Bonchev–Trinajstić information content (AvgIpc) is 1.99. The third-order valence-electron chi connectivity index (χ3n) is 1.63. The molecule has 0 aromatic heterocycles. The highest BCUT2D eigenvalue weighted by molar-refractivity contribution is 5.24. The Balaban J connectivity index is 3.26. The van der Waals surface area contributed by atoms with Gasteiger partial charge in [0.25, 0.3) is 0 Å². The largest absolute Gasteiger partial charge is 0.418 e. The van der Waals surface area contributed by atoms with Gasteiger partial charge in [-0.05, 0) is 0 Å². The summed E-state index contributed by atoms with van der Waals surface area (Å²) in [6, 6.07) is 0.126. The molecule has 0 bridgehead atoms. The van der Waals surface area contributed by atoms with E-state index in [0.717, 1.165) is 0 Å². The van der Waals surface area contributed by atoms with Crippen LogP contribution >= 0.6 is 0 Å². The Kier molecular flexibility index (Phi) is 2.94. The van der Waals surface area contributed by atoms with E-state index in [1.54, 1.807) is 0 Å². The lowest BCUT2D eigenvalue weighted by Crippen LogP contribution is -2.22. The fraction of sp³-hybridized carbons (Fsp3) is 0.250. The molecule has 0 amide bonds. The van der Waals surface area contributed by atoms with Crippen molar-refractivity contribution in [1.82, 2.24) is 0 Å². The van der Waals surface area contributed by atoms with Gasteiger partial charge in [-0.25, -0.2) is 13.2 Å². The summed E-state index contributed by atoms with van der Waals surface area (Å²) in [7, 11) is 0. The van der Waals surface area contributed by atoms with Crippen LogP contribution in [0.4, 0.5) is 26.3 Å². The van der Waals surface area contributed by atoms with Crippen molar-refractivity contribution in [2.24, 2.45) is 0 Å². The van der Waals surface area contributed by atoms with Crippen molar-refractivity contribution in [1.29, 1.82) is 0 Å². The minimum absolute atomic E-state index is 0.0629. The highest BCUT2D eigenvalue weighted by atomic mass is 19.4. The molecule has 84 valence electrons. The van der Waals surface area contributed by atoms with Crippen molar-refractivity contribution in [3.63, 3.8) is 0 Å². The molecule has 15 heavy (non-hydrogen) atoms. The molecular weight excluding hydrogens is 226 g/mol. The molecule has 0 aliphatic carbocycles. The second-order valence-corrected chi connectivity index (χ2v) is 2.73. The second kappa shape index (κ2) is 3.73. The molecule has 0 unspecified atom stereocenters. The first-order valence-electron chi connectivity index (χ1n) is 3.62. The number of hydrogen-bond acceptors (Lipinski definition) is 1. The molecule has 7 heteroatoms. The Labute approximate surface area is 79.9 Å². The van der Waals surface area contributed by atoms with Gasteiger partial charge in [0, 0.05) is 12.1 Å². The van der Waals surface area contributed by atoms with Crippen molar-refractivity contribution in [2.75, 3.05) is 0 Å². The summed E-state index contributed by atoms with van der Waals surface area (Å²) in [6.45, 7) is 0. The maximum atomic E-state index is 12.8. The predicted octanol–water partition coefficient (Wildman–Crippen LogP) is 2.70. The monoisotopic (exact) mass is 230 g/mol. The Hall–Kier alpha value is -1.24. The summed E-state index contributed by atoms with van der Waals surface area (Å²) >= 11 is 0. The van der Waals surface area contributed by atoms with Gasteiger partial charge >= 0.3 is 6.18 Å². The van der Waals surface area contributed by atoms with Gasteiger partial charge in [0.1, 0.15) is 17.5 Å². The van der Waals surface area contributed by atoms with Gasteiger partial charge in [0.15, 0.2) is 6.10 Å². The van der Waals surface area contributed by atoms with Gasteiger partial charge in [0.05, 0.1) is 5.56 Å². The molecule has 0 spiro atoms. The minimum Gasteiger partial charge on any atom is -0.379 e. The van der Waals surface area contributed by atoms with E-state index in [0.29, 0.717) is 0 Å². The van der Waals surface area contributed by atoms with E-state index in [-0.39, 0.29) is 12.1 Å². The molecule has 0 saturated carbocycles. The third-order valence-corrected chi connectivity index (χ3v) is 1.63. The number of rotatable bonds is 1. The van der Waals surface area contributed by atoms with E-state index in [1.165, 1.54) is 0 Å². The Morgan fingerprint density at radius 3 is 1.73 bits per heavy atom. The molecule has 1 nitrogen and oxygen atoms in total. The van der Waals surface area contributed by atoms with Gasteiger partial charge < -0.3 is 5.11 Å². The van der Waals surface area contributed by atoms with Crippen molar-refractivity contribution in [3.05, 3.63) is 35.1 Å². The molecular formula is C8H4F6O. The zero-order valence-electron chi connectivity index (χ0n) is 6.95. The first kappa shape index (κ1) is 11.8. The van der Waals surface area contributed by atoms with Crippen LogP contribution in [0.2, 0.25) is 0 Å². The molecule has 0 saturated heterocycles. The lowest BCUT2D eigenvalue weighted by Gasteiger charge is -2.15. The van der Waals surface area contributed by atoms with Crippen LogP contribution in [0, 0.1) is 17.5 Å². The molecule has 0 aliphatic rings. The smallest absolute Gasteiger partial charge is 0.379 e. The van der Waals surface area contributed by atoms with Crippen LogP contribution < -0.4 is 0 Å². The zero-order chi connectivity index (χ0) is 11.8. The van der Waals surface area contributed by atoms with Gasteiger partial charge in [-0.2, -0.15) is 13.2 Å². The maximum absolute atomic E-state index is 12.8. The molecule has 1 aromatic carbocycles. The molecule has 1 aromatic rings. The first-order valence-corrected chi connectivity index (χ1v) is 3.62. The number of halogens is 6. The molecule has 1 rings (SSSR count). The van der Waals surface area contributed by atoms with Crippen molar-refractivity contribution in [2.45, 2.75) is 12.3 Å². The van der Waals surface area contributed by atoms with Gasteiger partial charge in [0.2, 0.25) is 0 Å². The summed E-state index contributed by atoms with van der Waals surface area (Å²) in [5.74, 6) is -4.92. The Morgan fingerprint density at radius 1 is 1.00 bits per heavy atom. The van der Waals surface area contributed by atoms with Crippen molar-refractivity contribution in [3.8, 4) is 0 Å². The summed E-state index contributed by atoms with van der Waals surface area (Å²) in [4.78, 5) is 0. The van der Waals surface area contributed by atoms with E-state index >= 15 is 0 Å². The van der Waals surface area contributed by atoms with Crippen molar-refractivity contribution < 1.29 is 31.4 Å². The number of aliphatic hydroxyl groups excluding tert-OH is 1. The fourth-order valence-electron chi connectivity index (χ4n) is 0.978. The molecule has 1 N–H and O–H groups in total. The highest BCUT2D eigenvalue weighted by Gasteiger charge is 2.42. The van der Waals surface area contributed by atoms with Crippen LogP contribution in [0.25, 0.3) is 0 Å². The van der Waals surface area contributed by atoms with Crippen LogP contribution in [0.5, 0.6) is 0 Å². The number of aliphatic hydroxyl groups is 1. The van der Waals surface area contributed by atoms with E-state index in [4.69, 9.17) is 5.11 Å². The SMILES string of the molecule is O[C@@H](c1c(F)cc(F)cc1F)C(F)(F)F. The lowest BCUT2D eigenvalue weighted by atomic mass is 10.1. The molecule has 0 aliphatic heterocycles. The van der Waals surface area contributed by atoms with Gasteiger partial charge in [-0.3, -0.25) is 0 Å². The van der Waals surface area contributed by atoms with Crippen molar-refractivity contribution >= 4 is 0 Å². The minimum atomic E-state index is -5.21. The average molecular weight is 230 g/mol. The summed E-state index contributed by atoms with van der Waals surface area (Å²) < 4.78 is 73.6. The summed E-state index contributed by atoms with van der Waals surface area (Å²) in [6.07, 6.45) is -8.52.